The molecule has 2 aliphatic heterocycles. The Labute approximate surface area is 181 Å². The van der Waals surface area contributed by atoms with E-state index < -0.39 is 0 Å². The second-order valence-electron chi connectivity index (χ2n) is 8.54. The van der Waals surface area contributed by atoms with E-state index in [4.69, 9.17) is 0 Å². The minimum absolute atomic E-state index is 0.192. The van der Waals surface area contributed by atoms with E-state index in [0.717, 1.165) is 42.9 Å². The van der Waals surface area contributed by atoms with E-state index in [1.165, 1.54) is 48.3 Å². The van der Waals surface area contributed by atoms with Crippen molar-refractivity contribution in [3.8, 4) is 0 Å². The summed E-state index contributed by atoms with van der Waals surface area (Å²) in [5.41, 5.74) is 2.00. The molecule has 1 saturated carbocycles. The molecule has 1 aromatic carbocycles. The lowest BCUT2D eigenvalue weighted by Gasteiger charge is -2.41. The minimum Gasteiger partial charge on any atom is -0.368 e. The predicted molar refractivity (Wildman–Crippen MR) is 118 cm³/mol. The van der Waals surface area contributed by atoms with Crippen LogP contribution in [-0.4, -0.2) is 58.8 Å². The molecule has 0 radical (unpaired) electrons. The van der Waals surface area contributed by atoms with Gasteiger partial charge in [0, 0.05) is 43.8 Å². The molecular weight excluding hydrogens is 396 g/mol. The topological polar surface area (TPSA) is 56.8 Å². The molecule has 0 spiro atoms. The predicted octanol–water partition coefficient (Wildman–Crippen LogP) is 3.96. The number of rotatable bonds is 4. The van der Waals surface area contributed by atoms with Crippen LogP contribution in [-0.2, 0) is 0 Å². The van der Waals surface area contributed by atoms with Crippen LogP contribution in [0.2, 0.25) is 0 Å². The molecule has 30 heavy (non-hydrogen) atoms. The third-order valence-electron chi connectivity index (χ3n) is 6.87. The molecule has 1 aromatic heterocycles. The van der Waals surface area contributed by atoms with Gasteiger partial charge in [0.1, 0.15) is 5.01 Å². The highest BCUT2D eigenvalue weighted by Gasteiger charge is 2.42. The molecule has 1 saturated heterocycles. The Hall–Kier alpha value is -2.25. The molecule has 0 N–H and O–H groups in total. The van der Waals surface area contributed by atoms with Gasteiger partial charge in [-0.05, 0) is 31.9 Å². The molecule has 3 aliphatic rings. The van der Waals surface area contributed by atoms with E-state index in [1.54, 1.807) is 12.3 Å². The average molecular weight is 425 g/mol. The number of aromatic nitrogens is 1. The number of nitrogens with zero attached hydrogens (tertiary/aromatic N) is 4. The number of imide groups is 1. The summed E-state index contributed by atoms with van der Waals surface area (Å²) in [5, 5.41) is 2.66. The maximum Gasteiger partial charge on any atom is 0.264 e. The third kappa shape index (κ3) is 3.34. The van der Waals surface area contributed by atoms with E-state index in [1.807, 2.05) is 24.4 Å². The number of carbonyl (C=O) groups excluding carboxylic acids is 2. The van der Waals surface area contributed by atoms with Gasteiger partial charge in [-0.1, -0.05) is 25.3 Å². The molecule has 1 unspecified atom stereocenters. The summed E-state index contributed by atoms with van der Waals surface area (Å²) in [6.07, 6.45) is 8.42. The number of amides is 2. The van der Waals surface area contributed by atoms with Gasteiger partial charge in [-0.15, -0.1) is 11.3 Å². The van der Waals surface area contributed by atoms with Gasteiger partial charge in [0.05, 0.1) is 22.9 Å². The summed E-state index contributed by atoms with van der Waals surface area (Å²) in [5.74, 6) is -0.400. The Morgan fingerprint density at radius 2 is 1.80 bits per heavy atom. The summed E-state index contributed by atoms with van der Waals surface area (Å²) < 4.78 is 0. The van der Waals surface area contributed by atoms with Crippen LogP contribution >= 0.6 is 11.3 Å². The normalized spacial score (nSPS) is 21.9. The molecule has 2 aromatic rings. The number of piperazine rings is 1. The van der Waals surface area contributed by atoms with Gasteiger partial charge < -0.3 is 4.90 Å². The van der Waals surface area contributed by atoms with Crippen molar-refractivity contribution in [2.24, 2.45) is 0 Å². The Kier molecular flexibility index (Phi) is 5.33. The van der Waals surface area contributed by atoms with Crippen LogP contribution in [0.4, 0.5) is 5.69 Å². The van der Waals surface area contributed by atoms with Crippen molar-refractivity contribution in [2.75, 3.05) is 31.1 Å². The lowest BCUT2D eigenvalue weighted by molar-refractivity contribution is 0.0595. The maximum atomic E-state index is 13.4. The van der Waals surface area contributed by atoms with E-state index in [0.29, 0.717) is 11.1 Å². The quantitative estimate of drug-likeness (QED) is 0.696. The standard InChI is InChI=1S/C23H28N4O2S/c1-16(21-24-10-15-30-21)27-22(28)18-8-5-9-19(20(18)23(27)29)26-13-11-25(12-14-26)17-6-3-2-4-7-17/h5,8-10,15-17H,2-4,6-7,11-14H2,1H3. The van der Waals surface area contributed by atoms with Crippen molar-refractivity contribution >= 4 is 28.8 Å². The summed E-state index contributed by atoms with van der Waals surface area (Å²) in [6, 6.07) is 6.06. The number of benzene rings is 1. The van der Waals surface area contributed by atoms with Crippen molar-refractivity contribution in [3.05, 3.63) is 45.9 Å². The fourth-order valence-electron chi connectivity index (χ4n) is 5.23. The second-order valence-corrected chi connectivity index (χ2v) is 9.47. The van der Waals surface area contributed by atoms with Crippen LogP contribution in [0, 0.1) is 0 Å². The van der Waals surface area contributed by atoms with Gasteiger partial charge >= 0.3 is 0 Å². The first-order valence-corrected chi connectivity index (χ1v) is 11.9. The fraction of sp³-hybridized carbons (Fsp3) is 0.522. The molecule has 2 amide bonds. The third-order valence-corrected chi connectivity index (χ3v) is 7.81. The van der Waals surface area contributed by atoms with Crippen molar-refractivity contribution in [2.45, 2.75) is 51.1 Å². The van der Waals surface area contributed by atoms with Crippen LogP contribution < -0.4 is 4.90 Å². The molecule has 6 nitrogen and oxygen atoms in total. The number of hydrogen-bond acceptors (Lipinski definition) is 6. The van der Waals surface area contributed by atoms with Gasteiger partial charge in [0.2, 0.25) is 0 Å². The summed E-state index contributed by atoms with van der Waals surface area (Å²) in [6.45, 7) is 5.72. The van der Waals surface area contributed by atoms with Crippen molar-refractivity contribution in [1.82, 2.24) is 14.8 Å². The second kappa shape index (κ2) is 8.12. The molecule has 7 heteroatoms. The van der Waals surface area contributed by atoms with E-state index >= 15 is 0 Å². The monoisotopic (exact) mass is 424 g/mol. The van der Waals surface area contributed by atoms with E-state index in [2.05, 4.69) is 14.8 Å². The van der Waals surface area contributed by atoms with Gasteiger partial charge in [0.25, 0.3) is 11.8 Å². The molecule has 2 fully saturated rings. The molecule has 3 heterocycles. The molecule has 158 valence electrons. The Balaban J connectivity index is 1.36. The van der Waals surface area contributed by atoms with E-state index in [9.17, 15) is 9.59 Å². The van der Waals surface area contributed by atoms with Crippen LogP contribution in [0.15, 0.2) is 29.8 Å². The molecular formula is C23H28N4O2S. The summed E-state index contributed by atoms with van der Waals surface area (Å²) in [4.78, 5) is 37.1. The lowest BCUT2D eigenvalue weighted by Crippen LogP contribution is -2.51. The lowest BCUT2D eigenvalue weighted by atomic mass is 9.93. The summed E-state index contributed by atoms with van der Waals surface area (Å²) >= 11 is 1.47. The largest absolute Gasteiger partial charge is 0.368 e. The van der Waals surface area contributed by atoms with Gasteiger partial charge in [-0.2, -0.15) is 0 Å². The highest BCUT2D eigenvalue weighted by Crippen LogP contribution is 2.37. The minimum atomic E-state index is -0.353. The van der Waals surface area contributed by atoms with Crippen molar-refractivity contribution in [3.63, 3.8) is 0 Å². The first-order chi connectivity index (χ1) is 14.6. The first kappa shape index (κ1) is 19.7. The smallest absolute Gasteiger partial charge is 0.264 e. The first-order valence-electron chi connectivity index (χ1n) is 11.0. The Morgan fingerprint density at radius 1 is 1.03 bits per heavy atom. The molecule has 1 atom stereocenters. The summed E-state index contributed by atoms with van der Waals surface area (Å²) in [7, 11) is 0. The van der Waals surface area contributed by atoms with Crippen LogP contribution in [0.3, 0.4) is 0 Å². The highest BCUT2D eigenvalue weighted by atomic mass is 32.1. The van der Waals surface area contributed by atoms with Gasteiger partial charge in [0.15, 0.2) is 0 Å². The number of carbonyl (C=O) groups is 2. The Bertz CT molecular complexity index is 931. The van der Waals surface area contributed by atoms with Crippen molar-refractivity contribution < 1.29 is 9.59 Å². The molecule has 5 rings (SSSR count). The number of thiazole rings is 1. The average Bonchev–Trinajstić information content (AvgIpc) is 3.42. The van der Waals surface area contributed by atoms with Crippen LogP contribution in [0.1, 0.15) is 70.8 Å². The molecule has 0 bridgehead atoms. The van der Waals surface area contributed by atoms with Crippen LogP contribution in [0.25, 0.3) is 0 Å². The number of anilines is 1. The van der Waals surface area contributed by atoms with Gasteiger partial charge in [-0.3, -0.25) is 19.4 Å². The SMILES string of the molecule is CC(c1nccs1)N1C(=O)c2cccc(N3CCN(C4CCCCC4)CC3)c2C1=O. The zero-order valence-corrected chi connectivity index (χ0v) is 18.2. The van der Waals surface area contributed by atoms with Crippen LogP contribution in [0.5, 0.6) is 0 Å². The number of fused-ring (bicyclic) bond motifs is 1. The maximum absolute atomic E-state index is 13.4. The van der Waals surface area contributed by atoms with Crippen molar-refractivity contribution in [1.29, 1.82) is 0 Å². The fourth-order valence-corrected chi connectivity index (χ4v) is 5.91. The molecule has 1 aliphatic carbocycles. The zero-order chi connectivity index (χ0) is 20.7. The number of hydrogen-bond donors (Lipinski definition) is 0. The zero-order valence-electron chi connectivity index (χ0n) is 17.4. The Morgan fingerprint density at radius 3 is 2.50 bits per heavy atom. The highest BCUT2D eigenvalue weighted by molar-refractivity contribution is 7.09. The van der Waals surface area contributed by atoms with E-state index in [-0.39, 0.29) is 17.9 Å². The van der Waals surface area contributed by atoms with Gasteiger partial charge in [-0.25, -0.2) is 4.98 Å².